The Labute approximate surface area is 208 Å². The summed E-state index contributed by atoms with van der Waals surface area (Å²) in [6, 6.07) is 26.3. The zero-order chi connectivity index (χ0) is 24.9. The summed E-state index contributed by atoms with van der Waals surface area (Å²) in [5, 5.41) is 13.4. The van der Waals surface area contributed by atoms with Crippen molar-refractivity contribution in [3.63, 3.8) is 0 Å². The first-order chi connectivity index (χ1) is 17.6. The summed E-state index contributed by atoms with van der Waals surface area (Å²) in [7, 11) is 0. The summed E-state index contributed by atoms with van der Waals surface area (Å²) in [6.45, 7) is -0.257. The van der Waals surface area contributed by atoms with Gasteiger partial charge in [-0.05, 0) is 66.8 Å². The lowest BCUT2D eigenvalue weighted by molar-refractivity contribution is -0.123. The molecule has 0 radical (unpaired) electrons. The Kier molecular flexibility index (Phi) is 6.45. The fourth-order valence-corrected chi connectivity index (χ4v) is 4.25. The molecule has 1 aliphatic carbocycles. The van der Waals surface area contributed by atoms with E-state index in [1.165, 1.54) is 0 Å². The predicted octanol–water partition coefficient (Wildman–Crippen LogP) is 3.74. The molecule has 2 N–H and O–H groups in total. The van der Waals surface area contributed by atoms with Crippen molar-refractivity contribution in [3.05, 3.63) is 101 Å². The van der Waals surface area contributed by atoms with Gasteiger partial charge in [0.1, 0.15) is 5.75 Å². The van der Waals surface area contributed by atoms with Crippen molar-refractivity contribution in [1.29, 1.82) is 5.26 Å². The maximum absolute atomic E-state index is 12.8. The van der Waals surface area contributed by atoms with Gasteiger partial charge in [-0.1, -0.05) is 42.5 Å². The molecule has 1 heterocycles. The van der Waals surface area contributed by atoms with Crippen molar-refractivity contribution in [1.82, 2.24) is 20.6 Å². The highest BCUT2D eigenvalue weighted by atomic mass is 16.5. The van der Waals surface area contributed by atoms with Crippen molar-refractivity contribution in [2.75, 3.05) is 6.61 Å². The van der Waals surface area contributed by atoms with Crippen LogP contribution in [0.25, 0.3) is 16.8 Å². The number of nitrogens with one attached hydrogen (secondary N) is 2. The van der Waals surface area contributed by atoms with Gasteiger partial charge in [0.15, 0.2) is 12.3 Å². The lowest BCUT2D eigenvalue weighted by Crippen LogP contribution is -2.44. The highest BCUT2D eigenvalue weighted by Crippen LogP contribution is 2.27. The number of amides is 2. The zero-order valence-corrected chi connectivity index (χ0v) is 19.4. The van der Waals surface area contributed by atoms with Crippen LogP contribution >= 0.6 is 0 Å². The Morgan fingerprint density at radius 2 is 1.61 bits per heavy atom. The molecule has 1 aliphatic rings. The third-order valence-corrected chi connectivity index (χ3v) is 6.03. The molecule has 4 aromatic rings. The molecule has 0 fully saturated rings. The van der Waals surface area contributed by atoms with Gasteiger partial charge in [0.05, 0.1) is 17.3 Å². The Bertz CT molecular complexity index is 1440. The second kappa shape index (κ2) is 10.2. The van der Waals surface area contributed by atoms with E-state index >= 15 is 0 Å². The van der Waals surface area contributed by atoms with Gasteiger partial charge in [0.25, 0.3) is 11.8 Å². The molecule has 0 bridgehead atoms. The van der Waals surface area contributed by atoms with E-state index in [0.29, 0.717) is 17.0 Å². The van der Waals surface area contributed by atoms with Crippen LogP contribution in [-0.2, 0) is 17.6 Å². The maximum Gasteiger partial charge on any atom is 0.290 e. The number of nitrogens with zero attached hydrogens (tertiary/aromatic N) is 3. The van der Waals surface area contributed by atoms with E-state index in [1.807, 2.05) is 59.3 Å². The van der Waals surface area contributed by atoms with Crippen molar-refractivity contribution < 1.29 is 14.3 Å². The Hall–Kier alpha value is -4.90. The summed E-state index contributed by atoms with van der Waals surface area (Å²) in [5.74, 6) is -0.421. The molecular formula is C28H23N5O3. The summed E-state index contributed by atoms with van der Waals surface area (Å²) in [5.41, 5.74) is 10.6. The molecule has 2 amide bonds. The van der Waals surface area contributed by atoms with E-state index in [2.05, 4.69) is 22.0 Å². The molecule has 36 heavy (non-hydrogen) atoms. The number of para-hydroxylation sites is 1. The molecule has 0 saturated carbocycles. The number of benzene rings is 3. The molecule has 178 valence electrons. The fraction of sp³-hybridized carbons (Fsp3) is 0.143. The molecule has 3 aromatic carbocycles. The molecule has 8 heteroatoms. The summed E-state index contributed by atoms with van der Waals surface area (Å²) in [6.07, 6.45) is 2.60. The molecule has 0 spiro atoms. The van der Waals surface area contributed by atoms with Crippen molar-refractivity contribution >= 4 is 11.8 Å². The largest absolute Gasteiger partial charge is 0.484 e. The first-order valence-corrected chi connectivity index (χ1v) is 11.6. The van der Waals surface area contributed by atoms with Crippen LogP contribution in [0.4, 0.5) is 0 Å². The van der Waals surface area contributed by atoms with E-state index < -0.39 is 11.8 Å². The second-order valence-corrected chi connectivity index (χ2v) is 8.38. The first-order valence-electron chi connectivity index (χ1n) is 11.6. The normalized spacial score (nSPS) is 11.9. The van der Waals surface area contributed by atoms with Crippen molar-refractivity contribution in [2.45, 2.75) is 19.3 Å². The quantitative estimate of drug-likeness (QED) is 0.411. The number of aromatic nitrogens is 2. The number of hydrazine groups is 1. The van der Waals surface area contributed by atoms with Crippen LogP contribution in [0, 0.1) is 11.3 Å². The maximum atomic E-state index is 12.8. The van der Waals surface area contributed by atoms with Gasteiger partial charge >= 0.3 is 0 Å². The number of rotatable bonds is 6. The molecule has 1 aromatic heterocycles. The van der Waals surface area contributed by atoms with Gasteiger partial charge < -0.3 is 4.74 Å². The van der Waals surface area contributed by atoms with Crippen LogP contribution < -0.4 is 15.6 Å². The van der Waals surface area contributed by atoms with Crippen LogP contribution in [0.2, 0.25) is 0 Å². The lowest BCUT2D eigenvalue weighted by Gasteiger charge is -2.09. The second-order valence-electron chi connectivity index (χ2n) is 8.38. The summed E-state index contributed by atoms with van der Waals surface area (Å²) >= 11 is 0. The molecular weight excluding hydrogens is 454 g/mol. The third kappa shape index (κ3) is 4.81. The van der Waals surface area contributed by atoms with Gasteiger partial charge in [-0.2, -0.15) is 10.4 Å². The molecule has 0 aliphatic heterocycles. The minimum atomic E-state index is -0.487. The molecule has 0 unspecified atom stereocenters. The van der Waals surface area contributed by atoms with Crippen LogP contribution in [0.1, 0.15) is 33.7 Å². The van der Waals surface area contributed by atoms with E-state index in [-0.39, 0.29) is 6.61 Å². The number of carbonyl (C=O) groups excluding carboxylic acids is 2. The average Bonchev–Trinajstić information content (AvgIpc) is 3.55. The number of carbonyl (C=O) groups is 2. The molecule has 0 saturated heterocycles. The minimum absolute atomic E-state index is 0.257. The summed E-state index contributed by atoms with van der Waals surface area (Å²) < 4.78 is 7.35. The standard InChI is InChI=1S/C28H23N5O3/c29-17-19-9-11-20(12-10-19)21-13-15-23(16-14-21)36-18-26(34)30-31-28(35)27-24-7-4-8-25(24)33(32-27)22-5-2-1-3-6-22/h1-3,5-6,9-16H,4,7-8,18H2,(H,30,34)(H,31,35). The Morgan fingerprint density at radius 1 is 0.917 bits per heavy atom. The van der Waals surface area contributed by atoms with Gasteiger partial charge in [-0.25, -0.2) is 4.68 Å². The van der Waals surface area contributed by atoms with Crippen LogP contribution in [0.15, 0.2) is 78.9 Å². The minimum Gasteiger partial charge on any atom is -0.484 e. The topological polar surface area (TPSA) is 109 Å². The van der Waals surface area contributed by atoms with Gasteiger partial charge in [-0.3, -0.25) is 20.4 Å². The van der Waals surface area contributed by atoms with E-state index in [1.54, 1.807) is 24.3 Å². The zero-order valence-electron chi connectivity index (χ0n) is 19.4. The number of hydrogen-bond acceptors (Lipinski definition) is 5. The monoisotopic (exact) mass is 477 g/mol. The lowest BCUT2D eigenvalue weighted by atomic mass is 10.0. The number of nitriles is 1. The predicted molar refractivity (Wildman–Crippen MR) is 133 cm³/mol. The molecule has 0 atom stereocenters. The van der Waals surface area contributed by atoms with E-state index in [4.69, 9.17) is 10.00 Å². The average molecular weight is 478 g/mol. The highest BCUT2D eigenvalue weighted by Gasteiger charge is 2.27. The molecule has 8 nitrogen and oxygen atoms in total. The van der Waals surface area contributed by atoms with Crippen molar-refractivity contribution in [3.8, 4) is 28.6 Å². The molecule has 5 rings (SSSR count). The first kappa shape index (κ1) is 22.9. The van der Waals surface area contributed by atoms with Crippen LogP contribution in [0.5, 0.6) is 5.75 Å². The third-order valence-electron chi connectivity index (χ3n) is 6.03. The van der Waals surface area contributed by atoms with Gasteiger partial charge in [0, 0.05) is 11.3 Å². The van der Waals surface area contributed by atoms with Crippen LogP contribution in [0.3, 0.4) is 0 Å². The highest BCUT2D eigenvalue weighted by molar-refractivity contribution is 5.95. The summed E-state index contributed by atoms with van der Waals surface area (Å²) in [4.78, 5) is 25.0. The van der Waals surface area contributed by atoms with Gasteiger partial charge in [-0.15, -0.1) is 0 Å². The smallest absolute Gasteiger partial charge is 0.290 e. The van der Waals surface area contributed by atoms with E-state index in [9.17, 15) is 9.59 Å². The van der Waals surface area contributed by atoms with Crippen LogP contribution in [-0.4, -0.2) is 28.2 Å². The number of hydrogen-bond donors (Lipinski definition) is 2. The Morgan fingerprint density at radius 3 is 2.31 bits per heavy atom. The fourth-order valence-electron chi connectivity index (χ4n) is 4.25. The number of fused-ring (bicyclic) bond motifs is 1. The van der Waals surface area contributed by atoms with Gasteiger partial charge in [0.2, 0.25) is 0 Å². The number of ether oxygens (including phenoxy) is 1. The van der Waals surface area contributed by atoms with E-state index in [0.717, 1.165) is 47.3 Å². The Balaban J connectivity index is 1.16. The van der Waals surface area contributed by atoms with Crippen molar-refractivity contribution in [2.24, 2.45) is 0 Å². The SMILES string of the molecule is N#Cc1ccc(-c2ccc(OCC(=O)NNC(=O)c3nn(-c4ccccc4)c4c3CCC4)cc2)cc1.